The zero-order chi connectivity index (χ0) is 11.8. The molecule has 0 heterocycles. The minimum absolute atomic E-state index is 0.275. The summed E-state index contributed by atoms with van der Waals surface area (Å²) < 4.78 is 35.6. The van der Waals surface area contributed by atoms with Crippen molar-refractivity contribution in [2.24, 2.45) is 17.8 Å². The van der Waals surface area contributed by atoms with Crippen LogP contribution in [0.15, 0.2) is 0 Å². The Balaban J connectivity index is 1.72. The lowest BCUT2D eigenvalue weighted by Crippen LogP contribution is -2.35. The molecule has 2 aliphatic carbocycles. The van der Waals surface area contributed by atoms with Crippen molar-refractivity contribution < 1.29 is 18.0 Å². The van der Waals surface area contributed by atoms with E-state index in [1.165, 1.54) is 12.8 Å². The molecule has 0 aromatic rings. The third-order valence-corrected chi connectivity index (χ3v) is 3.82. The van der Waals surface area contributed by atoms with E-state index in [-0.39, 0.29) is 6.42 Å². The lowest BCUT2D eigenvalue weighted by atomic mass is 9.86. The average Bonchev–Trinajstić information content (AvgIpc) is 2.75. The van der Waals surface area contributed by atoms with Crippen molar-refractivity contribution >= 4 is 5.91 Å². The van der Waals surface area contributed by atoms with Gasteiger partial charge in [0.15, 0.2) is 0 Å². The van der Waals surface area contributed by atoms with Gasteiger partial charge in [-0.3, -0.25) is 4.79 Å². The Morgan fingerprint density at radius 1 is 1.25 bits per heavy atom. The number of rotatable bonds is 3. The van der Waals surface area contributed by atoms with Crippen molar-refractivity contribution in [2.75, 3.05) is 6.54 Å². The van der Waals surface area contributed by atoms with Gasteiger partial charge in [0.1, 0.15) is 6.54 Å². The number of carbonyl (C=O) groups is 1. The van der Waals surface area contributed by atoms with Gasteiger partial charge in [0.2, 0.25) is 5.91 Å². The van der Waals surface area contributed by atoms with Gasteiger partial charge >= 0.3 is 6.18 Å². The van der Waals surface area contributed by atoms with Crippen LogP contribution in [-0.2, 0) is 4.79 Å². The Labute approximate surface area is 92.6 Å². The molecule has 2 fully saturated rings. The van der Waals surface area contributed by atoms with E-state index in [0.717, 1.165) is 18.8 Å². The second-order valence-electron chi connectivity index (χ2n) is 5.03. The van der Waals surface area contributed by atoms with E-state index < -0.39 is 18.6 Å². The predicted octanol–water partition coefficient (Wildman–Crippen LogP) is 2.49. The lowest BCUT2D eigenvalue weighted by molar-refractivity contribution is -0.139. The van der Waals surface area contributed by atoms with Gasteiger partial charge in [-0.2, -0.15) is 13.2 Å². The Hall–Kier alpha value is -0.740. The van der Waals surface area contributed by atoms with Crippen molar-refractivity contribution in [2.45, 2.75) is 38.3 Å². The van der Waals surface area contributed by atoms with Gasteiger partial charge in [-0.1, -0.05) is 6.42 Å². The highest BCUT2D eigenvalue weighted by molar-refractivity contribution is 5.76. The van der Waals surface area contributed by atoms with Gasteiger partial charge in [0, 0.05) is 6.42 Å². The van der Waals surface area contributed by atoms with Crippen molar-refractivity contribution in [1.82, 2.24) is 5.32 Å². The number of halogens is 3. The third kappa shape index (κ3) is 2.89. The van der Waals surface area contributed by atoms with Crippen molar-refractivity contribution in [3.05, 3.63) is 0 Å². The third-order valence-electron chi connectivity index (χ3n) is 3.82. The predicted molar refractivity (Wildman–Crippen MR) is 52.6 cm³/mol. The van der Waals surface area contributed by atoms with E-state index in [1.54, 1.807) is 0 Å². The molecule has 0 radical (unpaired) electrons. The molecule has 2 rings (SSSR count). The number of hydrogen-bond donors (Lipinski definition) is 1. The van der Waals surface area contributed by atoms with Crippen molar-refractivity contribution in [3.8, 4) is 0 Å². The van der Waals surface area contributed by atoms with Crippen LogP contribution in [0.1, 0.15) is 32.1 Å². The summed E-state index contributed by atoms with van der Waals surface area (Å²) in [6.07, 6.45) is 0.579. The summed E-state index contributed by atoms with van der Waals surface area (Å²) in [5.74, 6) is 1.19. The van der Waals surface area contributed by atoms with E-state index >= 15 is 0 Å². The number of carbonyl (C=O) groups excluding carboxylic acids is 1. The highest BCUT2D eigenvalue weighted by Gasteiger charge is 2.40. The molecule has 3 atom stereocenters. The van der Waals surface area contributed by atoms with Crippen molar-refractivity contribution in [1.29, 1.82) is 0 Å². The summed E-state index contributed by atoms with van der Waals surface area (Å²) in [4.78, 5) is 11.3. The lowest BCUT2D eigenvalue weighted by Gasteiger charge is -2.21. The molecule has 5 heteroatoms. The zero-order valence-electron chi connectivity index (χ0n) is 9.02. The van der Waals surface area contributed by atoms with E-state index in [0.29, 0.717) is 11.8 Å². The molecule has 2 nitrogen and oxygen atoms in total. The van der Waals surface area contributed by atoms with E-state index in [2.05, 4.69) is 0 Å². The molecule has 2 bridgehead atoms. The molecule has 1 amide bonds. The van der Waals surface area contributed by atoms with E-state index in [4.69, 9.17) is 0 Å². The molecule has 0 aromatic heterocycles. The van der Waals surface area contributed by atoms with Gasteiger partial charge in [0.25, 0.3) is 0 Å². The summed E-state index contributed by atoms with van der Waals surface area (Å²) >= 11 is 0. The zero-order valence-corrected chi connectivity index (χ0v) is 9.02. The fraction of sp³-hybridized carbons (Fsp3) is 0.909. The second-order valence-corrected chi connectivity index (χ2v) is 5.03. The van der Waals surface area contributed by atoms with Gasteiger partial charge < -0.3 is 5.32 Å². The number of amides is 1. The molecule has 2 saturated carbocycles. The van der Waals surface area contributed by atoms with Crippen LogP contribution in [0.2, 0.25) is 0 Å². The monoisotopic (exact) mass is 235 g/mol. The molecule has 0 aliphatic heterocycles. The summed E-state index contributed by atoms with van der Waals surface area (Å²) in [6.45, 7) is -1.20. The first-order valence-electron chi connectivity index (χ1n) is 5.77. The highest BCUT2D eigenvalue weighted by atomic mass is 19.4. The number of nitrogens with one attached hydrogen (secondary N) is 1. The SMILES string of the molecule is O=C(CC1CC2CCC1C2)NCC(F)(F)F. The van der Waals surface area contributed by atoms with Crippen LogP contribution in [0.3, 0.4) is 0 Å². The first-order valence-corrected chi connectivity index (χ1v) is 5.77. The fourth-order valence-electron chi connectivity index (χ4n) is 3.14. The van der Waals surface area contributed by atoms with E-state index in [9.17, 15) is 18.0 Å². The molecule has 92 valence electrons. The molecule has 1 N–H and O–H groups in total. The standard InChI is InChI=1S/C11H16F3NO/c12-11(13,14)6-15-10(16)5-9-4-7-1-2-8(9)3-7/h7-9H,1-6H2,(H,15,16). The maximum atomic E-state index is 11.9. The molecule has 16 heavy (non-hydrogen) atoms. The van der Waals surface area contributed by atoms with Gasteiger partial charge in [-0.15, -0.1) is 0 Å². The molecular weight excluding hydrogens is 219 g/mol. The summed E-state index contributed by atoms with van der Waals surface area (Å²) in [5, 5.41) is 1.95. The van der Waals surface area contributed by atoms with E-state index in [1.807, 2.05) is 5.32 Å². The number of hydrogen-bond acceptors (Lipinski definition) is 1. The average molecular weight is 235 g/mol. The summed E-state index contributed by atoms with van der Waals surface area (Å²) in [7, 11) is 0. The van der Waals surface area contributed by atoms with Gasteiger partial charge in [-0.05, 0) is 37.0 Å². The molecular formula is C11H16F3NO. The first kappa shape index (κ1) is 11.7. The van der Waals surface area contributed by atoms with Crippen LogP contribution < -0.4 is 5.32 Å². The maximum Gasteiger partial charge on any atom is 0.405 e. The minimum Gasteiger partial charge on any atom is -0.347 e. The number of fused-ring (bicyclic) bond motifs is 2. The summed E-state index contributed by atoms with van der Waals surface area (Å²) in [5.41, 5.74) is 0. The largest absolute Gasteiger partial charge is 0.405 e. The maximum absolute atomic E-state index is 11.9. The Morgan fingerprint density at radius 3 is 2.50 bits per heavy atom. The van der Waals surface area contributed by atoms with Crippen LogP contribution in [0.4, 0.5) is 13.2 Å². The van der Waals surface area contributed by atoms with Gasteiger partial charge in [0.05, 0.1) is 0 Å². The normalized spacial score (nSPS) is 33.1. The molecule has 2 aliphatic rings. The van der Waals surface area contributed by atoms with Crippen LogP contribution in [0.5, 0.6) is 0 Å². The van der Waals surface area contributed by atoms with Crippen LogP contribution >= 0.6 is 0 Å². The first-order chi connectivity index (χ1) is 7.44. The topological polar surface area (TPSA) is 29.1 Å². The summed E-state index contributed by atoms with van der Waals surface area (Å²) in [6, 6.07) is 0. The molecule has 3 unspecified atom stereocenters. The highest BCUT2D eigenvalue weighted by Crippen LogP contribution is 2.49. The molecule has 0 spiro atoms. The van der Waals surface area contributed by atoms with Gasteiger partial charge in [-0.25, -0.2) is 0 Å². The Kier molecular flexibility index (Phi) is 3.13. The van der Waals surface area contributed by atoms with Crippen LogP contribution in [0, 0.1) is 17.8 Å². The Morgan fingerprint density at radius 2 is 2.00 bits per heavy atom. The fourth-order valence-corrected chi connectivity index (χ4v) is 3.14. The van der Waals surface area contributed by atoms with Crippen LogP contribution in [0.25, 0.3) is 0 Å². The molecule has 0 aromatic carbocycles. The Bertz CT molecular complexity index is 277. The quantitative estimate of drug-likeness (QED) is 0.800. The minimum atomic E-state index is -4.30. The van der Waals surface area contributed by atoms with Crippen LogP contribution in [-0.4, -0.2) is 18.6 Å². The number of alkyl halides is 3. The smallest absolute Gasteiger partial charge is 0.347 e. The van der Waals surface area contributed by atoms with Crippen molar-refractivity contribution in [3.63, 3.8) is 0 Å². The second kappa shape index (κ2) is 4.26. The molecule has 0 saturated heterocycles.